The minimum absolute atomic E-state index is 0.263. The average molecular weight is 567 g/mol. The van der Waals surface area contributed by atoms with E-state index in [-0.39, 0.29) is 6.61 Å². The van der Waals surface area contributed by atoms with Crippen LogP contribution in [-0.2, 0) is 21.9 Å². The minimum Gasteiger partial charge on any atom is -0.489 e. The summed E-state index contributed by atoms with van der Waals surface area (Å²) in [4.78, 5) is 17.6. The van der Waals surface area contributed by atoms with Crippen LogP contribution in [0.5, 0.6) is 5.75 Å². The average Bonchev–Trinajstić information content (AvgIpc) is 3.33. The second-order valence-corrected chi connectivity index (χ2v) is 10.4. The Morgan fingerprint density at radius 1 is 1.08 bits per heavy atom. The van der Waals surface area contributed by atoms with Gasteiger partial charge in [0.1, 0.15) is 18.4 Å². The van der Waals surface area contributed by atoms with Gasteiger partial charge in [0.15, 0.2) is 0 Å². The van der Waals surface area contributed by atoms with E-state index in [0.717, 1.165) is 16.9 Å². The van der Waals surface area contributed by atoms with Crippen molar-refractivity contribution < 1.29 is 14.3 Å². The number of methoxy groups -OCH3 is 1. The van der Waals surface area contributed by atoms with Gasteiger partial charge in [0.2, 0.25) is 11.1 Å². The summed E-state index contributed by atoms with van der Waals surface area (Å²) in [6, 6.07) is 22.4. The first kappa shape index (κ1) is 26.2. The fourth-order valence-electron chi connectivity index (χ4n) is 4.17. The third kappa shape index (κ3) is 5.67. The monoisotopic (exact) mass is 566 g/mol. The van der Waals surface area contributed by atoms with Gasteiger partial charge in [-0.05, 0) is 42.3 Å². The predicted molar refractivity (Wildman–Crippen MR) is 150 cm³/mol. The van der Waals surface area contributed by atoms with E-state index in [9.17, 15) is 4.79 Å². The number of carbonyl (C=O) groups is 1. The molecule has 0 spiro atoms. The summed E-state index contributed by atoms with van der Waals surface area (Å²) >= 11 is 13.8. The molecular formula is C28H24Cl2N4O3S. The fraction of sp³-hybridized carbons (Fsp3) is 0.179. The molecule has 0 radical (unpaired) electrons. The molecule has 5 rings (SSSR count). The van der Waals surface area contributed by atoms with Crippen LogP contribution in [0, 0.1) is 0 Å². The number of rotatable bonds is 8. The lowest BCUT2D eigenvalue weighted by molar-refractivity contribution is -0.136. The quantitative estimate of drug-likeness (QED) is 0.183. The maximum Gasteiger partial charge on any atom is 0.338 e. The van der Waals surface area contributed by atoms with E-state index < -0.39 is 12.0 Å². The first-order valence-electron chi connectivity index (χ1n) is 11.8. The third-order valence-electron chi connectivity index (χ3n) is 6.03. The van der Waals surface area contributed by atoms with E-state index in [1.54, 1.807) is 16.8 Å². The molecule has 3 aromatic carbocycles. The third-order valence-corrected chi connectivity index (χ3v) is 7.53. The van der Waals surface area contributed by atoms with Crippen LogP contribution in [0.15, 0.2) is 89.2 Å². The lowest BCUT2D eigenvalue weighted by atomic mass is 9.95. The van der Waals surface area contributed by atoms with Gasteiger partial charge < -0.3 is 14.8 Å². The molecule has 10 heteroatoms. The number of carbonyl (C=O) groups excluding carboxylic acids is 1. The zero-order valence-corrected chi connectivity index (χ0v) is 23.0. The summed E-state index contributed by atoms with van der Waals surface area (Å²) in [6.45, 7) is 2.09. The number of fused-ring (bicyclic) bond motifs is 1. The molecule has 0 fully saturated rings. The topological polar surface area (TPSA) is 78.3 Å². The Labute approximate surface area is 234 Å². The molecule has 1 aromatic heterocycles. The molecule has 0 aliphatic carbocycles. The molecule has 4 aromatic rings. The highest BCUT2D eigenvalue weighted by atomic mass is 35.5. The summed E-state index contributed by atoms with van der Waals surface area (Å²) in [5.74, 6) is 1.45. The zero-order chi connectivity index (χ0) is 26.6. The Balaban J connectivity index is 1.45. The Hall–Kier alpha value is -3.46. The van der Waals surface area contributed by atoms with E-state index in [2.05, 4.69) is 22.4 Å². The number of benzene rings is 3. The predicted octanol–water partition coefficient (Wildman–Crippen LogP) is 6.92. The normalized spacial score (nSPS) is 14.6. The largest absolute Gasteiger partial charge is 0.489 e. The van der Waals surface area contributed by atoms with Crippen LogP contribution >= 0.6 is 35.0 Å². The molecule has 1 aliphatic rings. The number of halogens is 2. The van der Waals surface area contributed by atoms with Crippen molar-refractivity contribution in [3.63, 3.8) is 0 Å². The van der Waals surface area contributed by atoms with Gasteiger partial charge in [0.25, 0.3) is 0 Å². The molecule has 2 heterocycles. The van der Waals surface area contributed by atoms with Gasteiger partial charge in [0.05, 0.1) is 12.7 Å². The molecule has 0 saturated heterocycles. The number of hydrogen-bond acceptors (Lipinski definition) is 7. The summed E-state index contributed by atoms with van der Waals surface area (Å²) < 4.78 is 12.9. The number of nitrogens with zero attached hydrogens (tertiary/aromatic N) is 3. The van der Waals surface area contributed by atoms with Crippen molar-refractivity contribution in [3.05, 3.63) is 111 Å². The lowest BCUT2D eigenvalue weighted by Gasteiger charge is -2.28. The highest BCUT2D eigenvalue weighted by Crippen LogP contribution is 2.38. The Morgan fingerprint density at radius 2 is 1.89 bits per heavy atom. The van der Waals surface area contributed by atoms with Gasteiger partial charge in [0, 0.05) is 27.1 Å². The van der Waals surface area contributed by atoms with Gasteiger partial charge in [-0.3, -0.25) is 0 Å². The summed E-state index contributed by atoms with van der Waals surface area (Å²) in [5.41, 5.74) is 3.89. The van der Waals surface area contributed by atoms with Crippen molar-refractivity contribution in [2.45, 2.75) is 30.5 Å². The number of thioether (sulfide) groups is 1. The molecule has 1 unspecified atom stereocenters. The van der Waals surface area contributed by atoms with Gasteiger partial charge in [-0.1, -0.05) is 83.5 Å². The number of esters is 1. The molecule has 0 amide bonds. The van der Waals surface area contributed by atoms with Crippen LogP contribution in [0.4, 0.5) is 5.95 Å². The van der Waals surface area contributed by atoms with Crippen LogP contribution in [0.3, 0.4) is 0 Å². The molecule has 38 heavy (non-hydrogen) atoms. The van der Waals surface area contributed by atoms with Gasteiger partial charge in [-0.25, -0.2) is 9.48 Å². The molecule has 1 N–H and O–H groups in total. The maximum absolute atomic E-state index is 12.9. The summed E-state index contributed by atoms with van der Waals surface area (Å²) in [5, 5.41) is 9.67. The Bertz CT molecular complexity index is 1510. The fourth-order valence-corrected chi connectivity index (χ4v) is 5.42. The van der Waals surface area contributed by atoms with Gasteiger partial charge in [-0.15, -0.1) is 5.10 Å². The number of hydrogen-bond donors (Lipinski definition) is 1. The van der Waals surface area contributed by atoms with Crippen LogP contribution in [0.1, 0.15) is 29.7 Å². The van der Waals surface area contributed by atoms with Crippen molar-refractivity contribution in [2.75, 3.05) is 12.4 Å². The maximum atomic E-state index is 12.9. The standard InChI is InChI=1S/C28H24Cl2N4O3S/c1-17-24(26(35)36-2)25(34-27(31-17)32-28(33-34)38-16-18-7-4-3-5-8-18)19-9-6-10-22(13-19)37-15-20-11-12-21(29)14-23(20)30/h3-14,25H,15-16H2,1-2H3,(H,31,32,33). The smallest absolute Gasteiger partial charge is 0.338 e. The minimum atomic E-state index is -0.556. The zero-order valence-electron chi connectivity index (χ0n) is 20.7. The molecule has 1 atom stereocenters. The summed E-state index contributed by atoms with van der Waals surface area (Å²) in [6.07, 6.45) is 0. The molecule has 1 aliphatic heterocycles. The van der Waals surface area contributed by atoms with E-state index in [1.165, 1.54) is 24.4 Å². The van der Waals surface area contributed by atoms with E-state index >= 15 is 0 Å². The van der Waals surface area contributed by atoms with Gasteiger partial charge >= 0.3 is 5.97 Å². The van der Waals surface area contributed by atoms with Crippen molar-refractivity contribution in [2.24, 2.45) is 0 Å². The molecule has 0 saturated carbocycles. The molecule has 7 nitrogen and oxygen atoms in total. The van der Waals surface area contributed by atoms with E-state index in [1.807, 2.05) is 55.5 Å². The Kier molecular flexibility index (Phi) is 7.93. The first-order valence-corrected chi connectivity index (χ1v) is 13.5. The van der Waals surface area contributed by atoms with Crippen molar-refractivity contribution in [3.8, 4) is 5.75 Å². The number of ether oxygens (including phenoxy) is 2. The number of anilines is 1. The lowest BCUT2D eigenvalue weighted by Crippen LogP contribution is -2.29. The van der Waals surface area contributed by atoms with Crippen LogP contribution in [0.25, 0.3) is 0 Å². The SMILES string of the molecule is COC(=O)C1=C(C)Nc2nc(SCc3ccccc3)nn2C1c1cccc(OCc2ccc(Cl)cc2Cl)c1. The van der Waals surface area contributed by atoms with Crippen molar-refractivity contribution in [1.82, 2.24) is 14.8 Å². The van der Waals surface area contributed by atoms with Crippen LogP contribution in [0.2, 0.25) is 10.0 Å². The van der Waals surface area contributed by atoms with Crippen molar-refractivity contribution in [1.29, 1.82) is 0 Å². The number of allylic oxidation sites excluding steroid dienone is 1. The molecule has 0 bridgehead atoms. The molecule has 194 valence electrons. The van der Waals surface area contributed by atoms with Crippen molar-refractivity contribution >= 4 is 46.9 Å². The second-order valence-electron chi connectivity index (χ2n) is 8.59. The van der Waals surface area contributed by atoms with E-state index in [0.29, 0.717) is 38.2 Å². The van der Waals surface area contributed by atoms with E-state index in [4.69, 9.17) is 37.8 Å². The highest BCUT2D eigenvalue weighted by molar-refractivity contribution is 7.98. The highest BCUT2D eigenvalue weighted by Gasteiger charge is 2.35. The molecular weight excluding hydrogens is 543 g/mol. The first-order chi connectivity index (χ1) is 18.4. The summed E-state index contributed by atoms with van der Waals surface area (Å²) in [7, 11) is 1.37. The van der Waals surface area contributed by atoms with Crippen LogP contribution < -0.4 is 10.1 Å². The van der Waals surface area contributed by atoms with Gasteiger partial charge in [-0.2, -0.15) is 4.98 Å². The van der Waals surface area contributed by atoms with Crippen LogP contribution in [-0.4, -0.2) is 27.8 Å². The Morgan fingerprint density at radius 3 is 2.66 bits per heavy atom. The second kappa shape index (κ2) is 11.5. The number of aromatic nitrogens is 3. The number of nitrogens with one attached hydrogen (secondary N) is 1.